The summed E-state index contributed by atoms with van der Waals surface area (Å²) in [5, 5.41) is 19.0. The van der Waals surface area contributed by atoms with Crippen molar-refractivity contribution >= 4 is 22.8 Å². The van der Waals surface area contributed by atoms with Crippen LogP contribution in [0.1, 0.15) is 5.69 Å². The van der Waals surface area contributed by atoms with E-state index in [1.807, 2.05) is 49.3 Å². The number of carbonyl (C=O) groups is 1. The highest BCUT2D eigenvalue weighted by molar-refractivity contribution is 5.78. The third-order valence-corrected chi connectivity index (χ3v) is 3.57. The Balaban J connectivity index is 1.97. The van der Waals surface area contributed by atoms with E-state index < -0.39 is 6.09 Å². The first-order chi connectivity index (χ1) is 11.5. The Morgan fingerprint density at radius 1 is 1.12 bits per heavy atom. The van der Waals surface area contributed by atoms with Gasteiger partial charge in [0, 0.05) is 25.3 Å². The Morgan fingerprint density at radius 2 is 1.96 bits per heavy atom. The summed E-state index contributed by atoms with van der Waals surface area (Å²) >= 11 is 0. The zero-order valence-electron chi connectivity index (χ0n) is 13.4. The number of benzene rings is 1. The molecule has 1 amide bonds. The quantitative estimate of drug-likeness (QED) is 0.766. The lowest BCUT2D eigenvalue weighted by Gasteiger charge is -2.13. The van der Waals surface area contributed by atoms with E-state index >= 15 is 0 Å². The van der Waals surface area contributed by atoms with Crippen LogP contribution in [-0.4, -0.2) is 40.5 Å². The van der Waals surface area contributed by atoms with E-state index in [0.29, 0.717) is 16.7 Å². The van der Waals surface area contributed by atoms with Gasteiger partial charge in [-0.15, -0.1) is 5.10 Å². The van der Waals surface area contributed by atoms with Gasteiger partial charge in [-0.2, -0.15) is 5.10 Å². The molecule has 2 heterocycles. The van der Waals surface area contributed by atoms with Crippen molar-refractivity contribution in [2.75, 3.05) is 19.0 Å². The van der Waals surface area contributed by atoms with E-state index in [-0.39, 0.29) is 6.54 Å². The number of rotatable bonds is 4. The summed E-state index contributed by atoms with van der Waals surface area (Å²) in [5.74, 6) is 0. The second-order valence-electron chi connectivity index (χ2n) is 5.54. The van der Waals surface area contributed by atoms with Crippen molar-refractivity contribution in [3.63, 3.8) is 0 Å². The Hall–Kier alpha value is -3.22. The van der Waals surface area contributed by atoms with Gasteiger partial charge < -0.3 is 15.3 Å². The molecule has 0 saturated heterocycles. The van der Waals surface area contributed by atoms with E-state index in [2.05, 4.69) is 26.6 Å². The van der Waals surface area contributed by atoms with Gasteiger partial charge in [0.25, 0.3) is 0 Å². The molecule has 7 heteroatoms. The first-order valence-corrected chi connectivity index (χ1v) is 7.41. The minimum Gasteiger partial charge on any atom is -0.465 e. The van der Waals surface area contributed by atoms with Gasteiger partial charge in [0.15, 0.2) is 0 Å². The summed E-state index contributed by atoms with van der Waals surface area (Å²) in [5.41, 5.74) is 4.80. The monoisotopic (exact) mass is 323 g/mol. The lowest BCUT2D eigenvalue weighted by atomic mass is 10.1. The molecule has 0 aliphatic rings. The van der Waals surface area contributed by atoms with Crippen molar-refractivity contribution < 1.29 is 9.90 Å². The maximum absolute atomic E-state index is 10.6. The van der Waals surface area contributed by atoms with Crippen LogP contribution < -0.4 is 10.2 Å². The molecule has 3 aromatic rings. The third-order valence-electron chi connectivity index (χ3n) is 3.57. The van der Waals surface area contributed by atoms with Crippen LogP contribution in [0.2, 0.25) is 0 Å². The number of amides is 1. The van der Waals surface area contributed by atoms with Crippen LogP contribution in [0.5, 0.6) is 0 Å². The van der Waals surface area contributed by atoms with Gasteiger partial charge in [-0.05, 0) is 30.3 Å². The number of hydrogen-bond donors (Lipinski definition) is 2. The molecule has 2 aromatic heterocycles. The minimum atomic E-state index is -1.10. The lowest BCUT2D eigenvalue weighted by Crippen LogP contribution is -2.20. The van der Waals surface area contributed by atoms with Crippen molar-refractivity contribution in [1.29, 1.82) is 0 Å². The Labute approximate surface area is 139 Å². The molecule has 2 N–H and O–H groups in total. The number of nitrogens with zero attached hydrogens (tertiary/aromatic N) is 4. The summed E-state index contributed by atoms with van der Waals surface area (Å²) in [6.45, 7) is 0.0975. The van der Waals surface area contributed by atoms with Gasteiger partial charge in [0.1, 0.15) is 5.52 Å². The van der Waals surface area contributed by atoms with E-state index in [4.69, 9.17) is 5.11 Å². The molecule has 122 valence electrons. The van der Waals surface area contributed by atoms with Gasteiger partial charge in [0.05, 0.1) is 23.4 Å². The molecule has 0 fully saturated rings. The number of aromatic nitrogens is 3. The molecule has 0 atom stereocenters. The number of hydrogen-bond acceptors (Lipinski definition) is 5. The third kappa shape index (κ3) is 3.40. The molecule has 0 radical (unpaired) electrons. The SMILES string of the molecule is CN(C)c1cccc(-c2ccc3nnc(CNC(=O)O)cc3n2)c1. The molecule has 24 heavy (non-hydrogen) atoms. The average molecular weight is 323 g/mol. The molecule has 0 bridgehead atoms. The van der Waals surface area contributed by atoms with Gasteiger partial charge in [-0.1, -0.05) is 12.1 Å². The van der Waals surface area contributed by atoms with Gasteiger partial charge in [-0.25, -0.2) is 9.78 Å². The maximum Gasteiger partial charge on any atom is 0.404 e. The topological polar surface area (TPSA) is 91.2 Å². The van der Waals surface area contributed by atoms with Crippen molar-refractivity contribution in [3.05, 3.63) is 48.2 Å². The zero-order valence-corrected chi connectivity index (χ0v) is 13.4. The highest BCUT2D eigenvalue weighted by atomic mass is 16.4. The molecular weight excluding hydrogens is 306 g/mol. The standard InChI is InChI=1S/C17H17N5O2/c1-22(2)13-5-3-4-11(8-13)14-6-7-15-16(19-14)9-12(20-21-15)10-18-17(23)24/h3-9,18H,10H2,1-2H3,(H,23,24). The van der Waals surface area contributed by atoms with Crippen LogP contribution >= 0.6 is 0 Å². The van der Waals surface area contributed by atoms with Gasteiger partial charge in [0.2, 0.25) is 0 Å². The van der Waals surface area contributed by atoms with Gasteiger partial charge >= 0.3 is 6.09 Å². The van der Waals surface area contributed by atoms with Crippen molar-refractivity contribution in [2.45, 2.75) is 6.54 Å². The molecular formula is C17H17N5O2. The number of anilines is 1. The van der Waals surface area contributed by atoms with E-state index in [1.165, 1.54) is 0 Å². The number of carboxylic acid groups (broad SMARTS) is 1. The summed E-state index contributed by atoms with van der Waals surface area (Å²) in [4.78, 5) is 17.3. The van der Waals surface area contributed by atoms with Crippen LogP contribution in [0.3, 0.4) is 0 Å². The normalized spacial score (nSPS) is 10.6. The van der Waals surface area contributed by atoms with Crippen LogP contribution in [0, 0.1) is 0 Å². The number of fused-ring (bicyclic) bond motifs is 1. The molecule has 0 spiro atoms. The minimum absolute atomic E-state index is 0.0975. The van der Waals surface area contributed by atoms with Crippen molar-refractivity contribution in [3.8, 4) is 11.3 Å². The number of nitrogens with one attached hydrogen (secondary N) is 1. The summed E-state index contributed by atoms with van der Waals surface area (Å²) < 4.78 is 0. The van der Waals surface area contributed by atoms with E-state index in [1.54, 1.807) is 6.07 Å². The van der Waals surface area contributed by atoms with Gasteiger partial charge in [-0.3, -0.25) is 0 Å². The molecule has 1 aromatic carbocycles. The second kappa shape index (κ2) is 6.49. The maximum atomic E-state index is 10.6. The zero-order chi connectivity index (χ0) is 17.1. The fourth-order valence-electron chi connectivity index (χ4n) is 2.32. The first-order valence-electron chi connectivity index (χ1n) is 7.41. The smallest absolute Gasteiger partial charge is 0.404 e. The fraction of sp³-hybridized carbons (Fsp3) is 0.176. The Morgan fingerprint density at radius 3 is 2.71 bits per heavy atom. The molecule has 0 unspecified atom stereocenters. The van der Waals surface area contributed by atoms with Crippen LogP contribution in [0.25, 0.3) is 22.3 Å². The van der Waals surface area contributed by atoms with E-state index in [0.717, 1.165) is 16.9 Å². The van der Waals surface area contributed by atoms with Crippen molar-refractivity contribution in [1.82, 2.24) is 20.5 Å². The van der Waals surface area contributed by atoms with E-state index in [9.17, 15) is 4.79 Å². The summed E-state index contributed by atoms with van der Waals surface area (Å²) in [6, 6.07) is 13.6. The summed E-state index contributed by atoms with van der Waals surface area (Å²) in [6.07, 6.45) is -1.10. The van der Waals surface area contributed by atoms with Crippen molar-refractivity contribution in [2.24, 2.45) is 0 Å². The average Bonchev–Trinajstić information content (AvgIpc) is 2.59. The lowest BCUT2D eigenvalue weighted by molar-refractivity contribution is 0.194. The largest absolute Gasteiger partial charge is 0.465 e. The van der Waals surface area contributed by atoms with Crippen LogP contribution in [-0.2, 0) is 6.54 Å². The van der Waals surface area contributed by atoms with Crippen LogP contribution in [0.15, 0.2) is 42.5 Å². The molecule has 0 aliphatic carbocycles. The number of pyridine rings is 1. The first kappa shape index (κ1) is 15.7. The molecule has 7 nitrogen and oxygen atoms in total. The Kier molecular flexibility index (Phi) is 4.24. The highest BCUT2D eigenvalue weighted by Gasteiger charge is 2.07. The molecule has 0 aliphatic heterocycles. The van der Waals surface area contributed by atoms with Crippen LogP contribution in [0.4, 0.5) is 10.5 Å². The summed E-state index contributed by atoms with van der Waals surface area (Å²) in [7, 11) is 3.98. The second-order valence-corrected chi connectivity index (χ2v) is 5.54. The fourth-order valence-corrected chi connectivity index (χ4v) is 2.32. The highest BCUT2D eigenvalue weighted by Crippen LogP contribution is 2.24. The Bertz CT molecular complexity index is 895. The molecule has 3 rings (SSSR count). The predicted molar refractivity (Wildman–Crippen MR) is 92.0 cm³/mol. The predicted octanol–water partition coefficient (Wildman–Crippen LogP) is 2.53. The molecule has 0 saturated carbocycles.